The minimum Gasteiger partial charge on any atom is -0.465 e. The molecule has 0 bridgehead atoms. The topological polar surface area (TPSA) is 86.6 Å². The molecule has 150 valence electrons. The second-order valence-corrected chi connectivity index (χ2v) is 7.16. The van der Waals surface area contributed by atoms with Gasteiger partial charge in [-0.1, -0.05) is 37.5 Å². The van der Waals surface area contributed by atoms with Crippen molar-refractivity contribution in [2.75, 3.05) is 7.11 Å². The van der Waals surface area contributed by atoms with Gasteiger partial charge in [0.2, 0.25) is 0 Å². The molecule has 1 amide bonds. The first kappa shape index (κ1) is 19.9. The number of rotatable bonds is 6. The number of fused-ring (bicyclic) bond motifs is 1. The van der Waals surface area contributed by atoms with Gasteiger partial charge in [-0.05, 0) is 25.8 Å². The van der Waals surface area contributed by atoms with E-state index >= 15 is 0 Å². The van der Waals surface area contributed by atoms with Crippen LogP contribution >= 0.6 is 0 Å². The Hall–Kier alpha value is -2.83. The third kappa shape index (κ3) is 4.52. The van der Waals surface area contributed by atoms with Crippen LogP contribution in [0.3, 0.4) is 0 Å². The number of methoxy groups -OCH3 is 1. The van der Waals surface area contributed by atoms with E-state index in [4.69, 9.17) is 9.47 Å². The van der Waals surface area contributed by atoms with E-state index in [0.717, 1.165) is 31.2 Å². The van der Waals surface area contributed by atoms with Crippen molar-refractivity contribution in [1.82, 2.24) is 9.88 Å². The van der Waals surface area contributed by atoms with Gasteiger partial charge >= 0.3 is 11.9 Å². The van der Waals surface area contributed by atoms with E-state index < -0.39 is 18.0 Å². The fourth-order valence-electron chi connectivity index (χ4n) is 3.64. The molecule has 1 N–H and O–H groups in total. The maximum absolute atomic E-state index is 12.4. The van der Waals surface area contributed by atoms with Gasteiger partial charge in [-0.25, -0.2) is 4.79 Å². The number of hydrogen-bond acceptors (Lipinski definition) is 5. The molecular formula is C21H26N2O5. The van der Waals surface area contributed by atoms with E-state index in [0.29, 0.717) is 10.9 Å². The van der Waals surface area contributed by atoms with Crippen LogP contribution in [0, 0.1) is 0 Å². The summed E-state index contributed by atoms with van der Waals surface area (Å²) in [4.78, 5) is 36.6. The monoisotopic (exact) mass is 386 g/mol. The molecule has 3 rings (SSSR count). The number of para-hydroxylation sites is 1. The summed E-state index contributed by atoms with van der Waals surface area (Å²) in [6.07, 6.45) is 6.08. The summed E-state index contributed by atoms with van der Waals surface area (Å²) in [7, 11) is 1.31. The molecule has 1 aromatic heterocycles. The zero-order chi connectivity index (χ0) is 20.1. The quantitative estimate of drug-likeness (QED) is 0.772. The number of nitrogens with zero attached hydrogens (tertiary/aromatic N) is 1. The average Bonchev–Trinajstić information content (AvgIpc) is 3.06. The van der Waals surface area contributed by atoms with Crippen molar-refractivity contribution in [3.8, 4) is 0 Å². The fraction of sp³-hybridized carbons (Fsp3) is 0.476. The van der Waals surface area contributed by atoms with Crippen LogP contribution in [-0.2, 0) is 25.6 Å². The Morgan fingerprint density at radius 1 is 1.18 bits per heavy atom. The molecule has 0 spiro atoms. The molecule has 7 heteroatoms. The van der Waals surface area contributed by atoms with Crippen molar-refractivity contribution in [3.05, 3.63) is 36.0 Å². The van der Waals surface area contributed by atoms with Gasteiger partial charge in [-0.15, -0.1) is 0 Å². The van der Waals surface area contributed by atoms with Gasteiger partial charge in [-0.2, -0.15) is 0 Å². The predicted octanol–water partition coefficient (Wildman–Crippen LogP) is 2.81. The van der Waals surface area contributed by atoms with Gasteiger partial charge in [-0.3, -0.25) is 9.59 Å². The van der Waals surface area contributed by atoms with Crippen LogP contribution in [0.15, 0.2) is 30.5 Å². The first-order valence-electron chi connectivity index (χ1n) is 9.65. The predicted molar refractivity (Wildman–Crippen MR) is 104 cm³/mol. The van der Waals surface area contributed by atoms with Crippen LogP contribution in [0.2, 0.25) is 0 Å². The lowest BCUT2D eigenvalue weighted by atomic mass is 9.95. The molecule has 1 unspecified atom stereocenters. The number of nitrogens with one attached hydrogen (secondary N) is 1. The molecule has 1 heterocycles. The third-order valence-corrected chi connectivity index (χ3v) is 5.12. The zero-order valence-electron chi connectivity index (χ0n) is 16.3. The summed E-state index contributed by atoms with van der Waals surface area (Å²) in [5.74, 6) is -1.28. The van der Waals surface area contributed by atoms with Crippen molar-refractivity contribution in [2.45, 2.75) is 57.7 Å². The van der Waals surface area contributed by atoms with Gasteiger partial charge in [0, 0.05) is 23.1 Å². The highest BCUT2D eigenvalue weighted by molar-refractivity contribution is 6.04. The zero-order valence-corrected chi connectivity index (χ0v) is 16.3. The van der Waals surface area contributed by atoms with Crippen LogP contribution in [0.4, 0.5) is 0 Å². The number of esters is 2. The van der Waals surface area contributed by atoms with Crippen LogP contribution in [0.5, 0.6) is 0 Å². The summed E-state index contributed by atoms with van der Waals surface area (Å²) in [6.45, 7) is 1.47. The lowest BCUT2D eigenvalue weighted by Gasteiger charge is -2.24. The minimum atomic E-state index is -0.865. The number of aromatic nitrogens is 1. The van der Waals surface area contributed by atoms with E-state index in [-0.39, 0.29) is 18.5 Å². The molecule has 1 atom stereocenters. The Morgan fingerprint density at radius 2 is 1.89 bits per heavy atom. The molecule has 1 aliphatic carbocycles. The smallest absolute Gasteiger partial charge is 0.340 e. The van der Waals surface area contributed by atoms with Crippen LogP contribution in [0.25, 0.3) is 10.9 Å². The van der Waals surface area contributed by atoms with E-state index in [1.54, 1.807) is 23.8 Å². The van der Waals surface area contributed by atoms with Gasteiger partial charge < -0.3 is 19.4 Å². The van der Waals surface area contributed by atoms with Gasteiger partial charge in [0.25, 0.3) is 5.91 Å². The molecular weight excluding hydrogens is 360 g/mol. The molecule has 1 fully saturated rings. The number of hydrogen-bond donors (Lipinski definition) is 1. The Labute approximate surface area is 164 Å². The van der Waals surface area contributed by atoms with E-state index in [2.05, 4.69) is 5.32 Å². The van der Waals surface area contributed by atoms with Crippen molar-refractivity contribution < 1.29 is 23.9 Å². The average molecular weight is 386 g/mol. The minimum absolute atomic E-state index is 0.0987. The summed E-state index contributed by atoms with van der Waals surface area (Å²) in [6, 6.07) is 7.41. The largest absolute Gasteiger partial charge is 0.465 e. The molecule has 2 aromatic rings. The molecule has 28 heavy (non-hydrogen) atoms. The van der Waals surface area contributed by atoms with Gasteiger partial charge in [0.1, 0.15) is 6.54 Å². The lowest BCUT2D eigenvalue weighted by Crippen LogP contribution is -2.43. The van der Waals surface area contributed by atoms with E-state index in [1.165, 1.54) is 13.5 Å². The van der Waals surface area contributed by atoms with Crippen LogP contribution in [-0.4, -0.2) is 41.7 Å². The molecule has 0 aliphatic heterocycles. The number of amides is 1. The van der Waals surface area contributed by atoms with Crippen molar-refractivity contribution >= 4 is 28.7 Å². The Kier molecular flexibility index (Phi) is 6.34. The Balaban J connectivity index is 1.64. The van der Waals surface area contributed by atoms with Gasteiger partial charge in [0.05, 0.1) is 12.7 Å². The molecule has 0 saturated heterocycles. The van der Waals surface area contributed by atoms with Crippen LogP contribution < -0.4 is 5.32 Å². The summed E-state index contributed by atoms with van der Waals surface area (Å²) in [5.41, 5.74) is 1.10. The normalized spacial score (nSPS) is 15.8. The number of benzene rings is 1. The standard InChI is InChI=1S/C21H26N2O5/c1-14(20(25)22-15-8-4-3-5-9-15)28-19(24)13-23-12-17(21(26)27-2)16-10-6-7-11-18(16)23/h6-7,10-12,14-15H,3-5,8-9,13H2,1-2H3,(H,22,25). The summed E-state index contributed by atoms with van der Waals surface area (Å²) in [5, 5.41) is 3.66. The third-order valence-electron chi connectivity index (χ3n) is 5.12. The maximum Gasteiger partial charge on any atom is 0.340 e. The van der Waals surface area contributed by atoms with E-state index in [9.17, 15) is 14.4 Å². The summed E-state index contributed by atoms with van der Waals surface area (Å²) < 4.78 is 11.8. The molecule has 1 aliphatic rings. The second-order valence-electron chi connectivity index (χ2n) is 7.16. The summed E-state index contributed by atoms with van der Waals surface area (Å²) >= 11 is 0. The highest BCUT2D eigenvalue weighted by Crippen LogP contribution is 2.22. The first-order chi connectivity index (χ1) is 13.5. The van der Waals surface area contributed by atoms with E-state index in [1.807, 2.05) is 18.2 Å². The van der Waals surface area contributed by atoms with Crippen molar-refractivity contribution in [3.63, 3.8) is 0 Å². The Bertz CT molecular complexity index is 867. The number of carbonyl (C=O) groups is 3. The molecule has 1 aromatic carbocycles. The highest BCUT2D eigenvalue weighted by Gasteiger charge is 2.23. The molecule has 7 nitrogen and oxygen atoms in total. The van der Waals surface area contributed by atoms with Crippen LogP contribution in [0.1, 0.15) is 49.4 Å². The SMILES string of the molecule is COC(=O)c1cn(CC(=O)OC(C)C(=O)NC2CCCCC2)c2ccccc12. The fourth-order valence-corrected chi connectivity index (χ4v) is 3.64. The first-order valence-corrected chi connectivity index (χ1v) is 9.65. The second kappa shape index (κ2) is 8.91. The molecule has 0 radical (unpaired) electrons. The lowest BCUT2D eigenvalue weighted by molar-refractivity contribution is -0.155. The van der Waals surface area contributed by atoms with Gasteiger partial charge in [0.15, 0.2) is 6.10 Å². The number of ether oxygens (including phenoxy) is 2. The van der Waals surface area contributed by atoms with Crippen molar-refractivity contribution in [1.29, 1.82) is 0 Å². The Morgan fingerprint density at radius 3 is 2.61 bits per heavy atom. The highest BCUT2D eigenvalue weighted by atomic mass is 16.5. The van der Waals surface area contributed by atoms with Crippen molar-refractivity contribution in [2.24, 2.45) is 0 Å². The maximum atomic E-state index is 12.4. The number of carbonyl (C=O) groups excluding carboxylic acids is 3. The molecule has 1 saturated carbocycles.